The van der Waals surface area contributed by atoms with Gasteiger partial charge in [0.1, 0.15) is 6.10 Å². The molecule has 0 bridgehead atoms. The van der Waals surface area contributed by atoms with Gasteiger partial charge in [-0.3, -0.25) is 4.90 Å². The molecular weight excluding hydrogens is 228 g/mol. The Labute approximate surface area is 107 Å². The van der Waals surface area contributed by atoms with E-state index in [-0.39, 0.29) is 12.2 Å². The Morgan fingerprint density at radius 3 is 2.56 bits per heavy atom. The molecule has 1 amide bonds. The Kier molecular flexibility index (Phi) is 2.55. The lowest BCUT2D eigenvalue weighted by atomic mass is 9.98. The fourth-order valence-electron chi connectivity index (χ4n) is 2.38. The van der Waals surface area contributed by atoms with Gasteiger partial charge in [-0.2, -0.15) is 0 Å². The molecule has 18 heavy (non-hydrogen) atoms. The highest BCUT2D eigenvalue weighted by atomic mass is 16.6. The van der Waals surface area contributed by atoms with Crippen LogP contribution < -0.4 is 10.6 Å². The van der Waals surface area contributed by atoms with Crippen molar-refractivity contribution in [3.8, 4) is 0 Å². The Hall–Kier alpha value is -1.55. The zero-order valence-corrected chi connectivity index (χ0v) is 10.6. The van der Waals surface area contributed by atoms with Gasteiger partial charge in [0.2, 0.25) is 0 Å². The topological polar surface area (TPSA) is 55.6 Å². The normalized spacial score (nSPS) is 25.1. The molecule has 1 saturated heterocycles. The fourth-order valence-corrected chi connectivity index (χ4v) is 2.38. The number of amides is 1. The zero-order chi connectivity index (χ0) is 12.8. The van der Waals surface area contributed by atoms with Gasteiger partial charge in [-0.25, -0.2) is 4.79 Å². The van der Waals surface area contributed by atoms with Gasteiger partial charge in [-0.1, -0.05) is 19.1 Å². The molecule has 1 saturated carbocycles. The van der Waals surface area contributed by atoms with Gasteiger partial charge in [0.25, 0.3) is 0 Å². The van der Waals surface area contributed by atoms with E-state index in [1.54, 1.807) is 4.90 Å². The lowest BCUT2D eigenvalue weighted by Gasteiger charge is -2.15. The van der Waals surface area contributed by atoms with Gasteiger partial charge in [0.05, 0.1) is 6.54 Å². The number of nitrogens with two attached hydrogens (primary N) is 1. The molecule has 96 valence electrons. The number of hydrogen-bond donors (Lipinski definition) is 1. The molecule has 2 aliphatic rings. The van der Waals surface area contributed by atoms with Crippen molar-refractivity contribution in [3.63, 3.8) is 0 Å². The minimum atomic E-state index is -0.296. The van der Waals surface area contributed by atoms with Gasteiger partial charge in [0, 0.05) is 12.2 Å². The summed E-state index contributed by atoms with van der Waals surface area (Å²) in [6.07, 6.45) is 2.04. The van der Waals surface area contributed by atoms with Gasteiger partial charge >= 0.3 is 6.09 Å². The van der Waals surface area contributed by atoms with E-state index in [9.17, 15) is 4.79 Å². The van der Waals surface area contributed by atoms with Crippen LogP contribution in [0.15, 0.2) is 24.3 Å². The average molecular weight is 246 g/mol. The minimum Gasteiger partial charge on any atom is -0.443 e. The predicted molar refractivity (Wildman–Crippen MR) is 69.7 cm³/mol. The summed E-state index contributed by atoms with van der Waals surface area (Å²) in [4.78, 5) is 13.3. The highest BCUT2D eigenvalue weighted by molar-refractivity contribution is 5.89. The van der Waals surface area contributed by atoms with E-state index in [4.69, 9.17) is 10.5 Å². The van der Waals surface area contributed by atoms with Crippen LogP contribution in [-0.2, 0) is 10.2 Å². The van der Waals surface area contributed by atoms with E-state index in [2.05, 4.69) is 19.1 Å². The molecular formula is C14H18N2O2. The molecule has 0 radical (unpaired) electrons. The number of benzene rings is 1. The highest BCUT2D eigenvalue weighted by Gasteiger charge is 2.39. The van der Waals surface area contributed by atoms with Gasteiger partial charge in [0.15, 0.2) is 0 Å². The maximum atomic E-state index is 11.7. The standard InChI is InChI=1S/C14H18N2O2/c1-14(6-7-14)10-2-4-11(5-3-10)16-9-12(8-15)18-13(16)17/h2-5,12H,6-9,15H2,1H3. The Morgan fingerprint density at radius 1 is 1.39 bits per heavy atom. The Balaban J connectivity index is 1.79. The number of carbonyl (C=O) groups excluding carboxylic acids is 1. The maximum Gasteiger partial charge on any atom is 0.414 e. The first kappa shape index (κ1) is 11.5. The van der Waals surface area contributed by atoms with Crippen LogP contribution in [0.5, 0.6) is 0 Å². The third kappa shape index (κ3) is 1.86. The predicted octanol–water partition coefficient (Wildman–Crippen LogP) is 2.02. The molecule has 1 aromatic rings. The second-order valence-corrected chi connectivity index (χ2v) is 5.46. The number of rotatable bonds is 3. The summed E-state index contributed by atoms with van der Waals surface area (Å²) >= 11 is 0. The van der Waals surface area contributed by atoms with Crippen LogP contribution >= 0.6 is 0 Å². The van der Waals surface area contributed by atoms with Gasteiger partial charge in [-0.05, 0) is 36.0 Å². The summed E-state index contributed by atoms with van der Waals surface area (Å²) < 4.78 is 5.15. The molecule has 2 fully saturated rings. The monoisotopic (exact) mass is 246 g/mol. The Morgan fingerprint density at radius 2 is 2.06 bits per heavy atom. The van der Waals surface area contributed by atoms with Crippen LogP contribution in [0.1, 0.15) is 25.3 Å². The second-order valence-electron chi connectivity index (χ2n) is 5.46. The van der Waals surface area contributed by atoms with Crippen molar-refractivity contribution < 1.29 is 9.53 Å². The molecule has 2 N–H and O–H groups in total. The van der Waals surface area contributed by atoms with Crippen molar-refractivity contribution in [3.05, 3.63) is 29.8 Å². The summed E-state index contributed by atoms with van der Waals surface area (Å²) in [6, 6.07) is 8.23. The second kappa shape index (κ2) is 3.99. The van der Waals surface area contributed by atoms with Crippen LogP contribution in [0, 0.1) is 0 Å². The van der Waals surface area contributed by atoms with Crippen LogP contribution in [0.25, 0.3) is 0 Å². The van der Waals surface area contributed by atoms with Crippen molar-refractivity contribution in [2.24, 2.45) is 5.73 Å². The molecule has 1 aromatic carbocycles. The summed E-state index contributed by atoms with van der Waals surface area (Å²) in [6.45, 7) is 3.20. The third-order valence-corrected chi connectivity index (χ3v) is 4.01. The molecule has 0 aromatic heterocycles. The maximum absolute atomic E-state index is 11.7. The first-order valence-corrected chi connectivity index (χ1v) is 6.41. The molecule has 1 aliphatic heterocycles. The lowest BCUT2D eigenvalue weighted by molar-refractivity contribution is 0.145. The van der Waals surface area contributed by atoms with E-state index in [0.29, 0.717) is 18.5 Å². The molecule has 3 rings (SSSR count). The zero-order valence-electron chi connectivity index (χ0n) is 10.6. The minimum absolute atomic E-state index is 0.182. The third-order valence-electron chi connectivity index (χ3n) is 4.01. The van der Waals surface area contributed by atoms with E-state index < -0.39 is 0 Å². The molecule has 0 spiro atoms. The van der Waals surface area contributed by atoms with Crippen molar-refractivity contribution >= 4 is 11.8 Å². The molecule has 1 aliphatic carbocycles. The van der Waals surface area contributed by atoms with E-state index in [1.165, 1.54) is 18.4 Å². The van der Waals surface area contributed by atoms with Gasteiger partial charge < -0.3 is 10.5 Å². The first-order valence-electron chi connectivity index (χ1n) is 6.41. The number of hydrogen-bond acceptors (Lipinski definition) is 3. The summed E-state index contributed by atoms with van der Waals surface area (Å²) in [7, 11) is 0. The van der Waals surface area contributed by atoms with Crippen LogP contribution in [0.4, 0.5) is 10.5 Å². The summed E-state index contributed by atoms with van der Waals surface area (Å²) in [5.41, 5.74) is 8.14. The van der Waals surface area contributed by atoms with Crippen molar-refractivity contribution in [1.82, 2.24) is 0 Å². The number of cyclic esters (lactones) is 1. The number of carbonyl (C=O) groups is 1. The average Bonchev–Trinajstić information content (AvgIpc) is 3.02. The Bertz CT molecular complexity index is 465. The lowest BCUT2D eigenvalue weighted by Crippen LogP contribution is -2.27. The molecule has 4 heteroatoms. The largest absolute Gasteiger partial charge is 0.443 e. The van der Waals surface area contributed by atoms with E-state index >= 15 is 0 Å². The quantitative estimate of drug-likeness (QED) is 0.887. The molecule has 4 nitrogen and oxygen atoms in total. The number of anilines is 1. The van der Waals surface area contributed by atoms with Crippen molar-refractivity contribution in [2.45, 2.75) is 31.3 Å². The molecule has 1 heterocycles. The van der Waals surface area contributed by atoms with Crippen LogP contribution in [0.3, 0.4) is 0 Å². The van der Waals surface area contributed by atoms with E-state index in [1.807, 2.05) is 12.1 Å². The van der Waals surface area contributed by atoms with Crippen LogP contribution in [-0.4, -0.2) is 25.3 Å². The summed E-state index contributed by atoms with van der Waals surface area (Å²) in [5, 5.41) is 0. The number of ether oxygens (including phenoxy) is 1. The highest BCUT2D eigenvalue weighted by Crippen LogP contribution is 2.47. The van der Waals surface area contributed by atoms with Crippen LogP contribution in [0.2, 0.25) is 0 Å². The smallest absolute Gasteiger partial charge is 0.414 e. The fraction of sp³-hybridized carbons (Fsp3) is 0.500. The SMILES string of the molecule is CC1(c2ccc(N3CC(CN)OC3=O)cc2)CC1. The first-order chi connectivity index (χ1) is 8.62. The van der Waals surface area contributed by atoms with Gasteiger partial charge in [-0.15, -0.1) is 0 Å². The summed E-state index contributed by atoms with van der Waals surface area (Å²) in [5.74, 6) is 0. The molecule has 1 unspecified atom stereocenters. The number of nitrogens with zero attached hydrogens (tertiary/aromatic N) is 1. The molecule has 1 atom stereocenters. The van der Waals surface area contributed by atoms with E-state index in [0.717, 1.165) is 5.69 Å². The van der Waals surface area contributed by atoms with Crippen molar-refractivity contribution in [2.75, 3.05) is 18.0 Å². The van der Waals surface area contributed by atoms with Crippen molar-refractivity contribution in [1.29, 1.82) is 0 Å².